The van der Waals surface area contributed by atoms with E-state index in [0.29, 0.717) is 11.5 Å². The number of halogens is 1. The van der Waals surface area contributed by atoms with E-state index in [1.807, 2.05) is 0 Å². The molecule has 0 aromatic carbocycles. The van der Waals surface area contributed by atoms with Gasteiger partial charge in [-0.3, -0.25) is 0 Å². The third kappa shape index (κ3) is 0.960. The molecule has 0 aliphatic heterocycles. The Morgan fingerprint density at radius 2 is 2.20 bits per heavy atom. The fraction of sp³-hybridized carbons (Fsp3) is 1.00. The van der Waals surface area contributed by atoms with Gasteiger partial charge in [-0.2, -0.15) is 0 Å². The molecule has 0 aromatic heterocycles. The highest BCUT2D eigenvalue weighted by molar-refractivity contribution is 5.85. The molecule has 2 saturated carbocycles. The molecule has 3 unspecified atom stereocenters. The Morgan fingerprint density at radius 3 is 2.40 bits per heavy atom. The van der Waals surface area contributed by atoms with Crippen molar-refractivity contribution in [2.24, 2.45) is 17.1 Å². The molecule has 1 nitrogen and oxygen atoms in total. The third-order valence-corrected chi connectivity index (χ3v) is 3.36. The summed E-state index contributed by atoms with van der Waals surface area (Å²) in [7, 11) is 0. The second-order valence-corrected chi connectivity index (χ2v) is 4.11. The van der Waals surface area contributed by atoms with Crippen LogP contribution in [0.3, 0.4) is 0 Å². The summed E-state index contributed by atoms with van der Waals surface area (Å²) in [4.78, 5) is 0. The van der Waals surface area contributed by atoms with Crippen molar-refractivity contribution in [2.75, 3.05) is 0 Å². The highest BCUT2D eigenvalue weighted by Gasteiger charge is 2.46. The number of hydrogen-bond acceptors (Lipinski definition) is 1. The summed E-state index contributed by atoms with van der Waals surface area (Å²) in [6.07, 6.45) is 5.55. The predicted octanol–water partition coefficient (Wildman–Crippen LogP) is 1.95. The molecule has 2 bridgehead atoms. The number of hydrogen-bond donors (Lipinski definition) is 1. The topological polar surface area (TPSA) is 26.0 Å². The SMILES string of the molecule is CC12CCC(CC1N)C2.Cl. The maximum atomic E-state index is 5.95. The van der Waals surface area contributed by atoms with E-state index in [2.05, 4.69) is 6.92 Å². The molecule has 2 heteroatoms. The zero-order valence-electron chi connectivity index (χ0n) is 6.47. The summed E-state index contributed by atoms with van der Waals surface area (Å²) in [6.45, 7) is 2.35. The van der Waals surface area contributed by atoms with Crippen molar-refractivity contribution in [1.29, 1.82) is 0 Å². The van der Waals surface area contributed by atoms with E-state index in [1.54, 1.807) is 0 Å². The van der Waals surface area contributed by atoms with Crippen LogP contribution < -0.4 is 5.73 Å². The lowest BCUT2D eigenvalue weighted by Crippen LogP contribution is -2.34. The van der Waals surface area contributed by atoms with Gasteiger partial charge in [0.1, 0.15) is 0 Å². The Morgan fingerprint density at radius 1 is 1.50 bits per heavy atom. The molecule has 0 radical (unpaired) electrons. The normalized spacial score (nSPS) is 51.0. The molecule has 0 amide bonds. The van der Waals surface area contributed by atoms with Gasteiger partial charge in [0.15, 0.2) is 0 Å². The van der Waals surface area contributed by atoms with E-state index >= 15 is 0 Å². The Labute approximate surface area is 68.8 Å². The summed E-state index contributed by atoms with van der Waals surface area (Å²) < 4.78 is 0. The van der Waals surface area contributed by atoms with Crippen molar-refractivity contribution >= 4 is 12.4 Å². The lowest BCUT2D eigenvalue weighted by atomic mass is 9.83. The monoisotopic (exact) mass is 161 g/mol. The largest absolute Gasteiger partial charge is 0.327 e. The van der Waals surface area contributed by atoms with E-state index in [4.69, 9.17) is 5.73 Å². The molecule has 2 rings (SSSR count). The Hall–Kier alpha value is 0.250. The summed E-state index contributed by atoms with van der Waals surface area (Å²) in [5.74, 6) is 0.991. The second-order valence-electron chi connectivity index (χ2n) is 4.11. The molecule has 0 saturated heterocycles. The van der Waals surface area contributed by atoms with Crippen LogP contribution in [0.25, 0.3) is 0 Å². The first-order valence-corrected chi connectivity index (χ1v) is 3.96. The molecule has 0 heterocycles. The zero-order valence-corrected chi connectivity index (χ0v) is 7.29. The summed E-state index contributed by atoms with van der Waals surface area (Å²) in [6, 6.07) is 0.524. The van der Waals surface area contributed by atoms with Crippen LogP contribution in [0.5, 0.6) is 0 Å². The fourth-order valence-electron chi connectivity index (χ4n) is 2.58. The molecule has 60 valence electrons. The molecule has 0 spiro atoms. The Bertz CT molecular complexity index is 137. The van der Waals surface area contributed by atoms with Gasteiger partial charge in [-0.15, -0.1) is 12.4 Å². The Kier molecular flexibility index (Phi) is 1.99. The molecular formula is C8H16ClN. The van der Waals surface area contributed by atoms with Crippen LogP contribution >= 0.6 is 12.4 Å². The molecule has 0 aromatic rings. The first-order valence-electron chi connectivity index (χ1n) is 3.96. The molecular weight excluding hydrogens is 146 g/mol. The molecule has 2 aliphatic rings. The third-order valence-electron chi connectivity index (χ3n) is 3.36. The minimum Gasteiger partial charge on any atom is -0.327 e. The molecule has 2 N–H and O–H groups in total. The number of nitrogens with two attached hydrogens (primary N) is 1. The maximum absolute atomic E-state index is 5.95. The van der Waals surface area contributed by atoms with Gasteiger partial charge < -0.3 is 5.73 Å². The van der Waals surface area contributed by atoms with E-state index in [1.165, 1.54) is 25.7 Å². The highest BCUT2D eigenvalue weighted by atomic mass is 35.5. The van der Waals surface area contributed by atoms with Crippen LogP contribution in [0.2, 0.25) is 0 Å². The smallest absolute Gasteiger partial charge is 0.00956 e. The number of fused-ring (bicyclic) bond motifs is 2. The van der Waals surface area contributed by atoms with Crippen LogP contribution in [0.15, 0.2) is 0 Å². The van der Waals surface area contributed by atoms with E-state index < -0.39 is 0 Å². The summed E-state index contributed by atoms with van der Waals surface area (Å²) in [5, 5.41) is 0. The van der Waals surface area contributed by atoms with E-state index in [0.717, 1.165) is 5.92 Å². The van der Waals surface area contributed by atoms with Gasteiger partial charge >= 0.3 is 0 Å². The zero-order chi connectivity index (χ0) is 6.48. The molecule has 3 atom stereocenters. The van der Waals surface area contributed by atoms with Gasteiger partial charge in [0, 0.05) is 6.04 Å². The standard InChI is InChI=1S/C8H15N.ClH/c1-8-3-2-6(5-8)4-7(8)9;/h6-7H,2-5,9H2,1H3;1H. The molecule has 2 fully saturated rings. The minimum atomic E-state index is 0. The average Bonchev–Trinajstić information content (AvgIpc) is 2.22. The number of rotatable bonds is 0. The highest BCUT2D eigenvalue weighted by Crippen LogP contribution is 2.52. The van der Waals surface area contributed by atoms with Gasteiger partial charge in [-0.1, -0.05) is 6.92 Å². The second kappa shape index (κ2) is 2.38. The summed E-state index contributed by atoms with van der Waals surface area (Å²) in [5.41, 5.74) is 6.50. The van der Waals surface area contributed by atoms with Gasteiger partial charge in [-0.25, -0.2) is 0 Å². The quantitative estimate of drug-likeness (QED) is 0.578. The van der Waals surface area contributed by atoms with Crippen LogP contribution in [0.1, 0.15) is 32.6 Å². The van der Waals surface area contributed by atoms with E-state index in [-0.39, 0.29) is 12.4 Å². The van der Waals surface area contributed by atoms with Crippen LogP contribution in [0.4, 0.5) is 0 Å². The van der Waals surface area contributed by atoms with Crippen molar-refractivity contribution in [3.8, 4) is 0 Å². The van der Waals surface area contributed by atoms with Crippen molar-refractivity contribution in [2.45, 2.75) is 38.6 Å². The van der Waals surface area contributed by atoms with Gasteiger partial charge in [0.2, 0.25) is 0 Å². The minimum absolute atomic E-state index is 0. The van der Waals surface area contributed by atoms with Gasteiger partial charge in [0.05, 0.1) is 0 Å². The predicted molar refractivity (Wildman–Crippen MR) is 45.3 cm³/mol. The van der Waals surface area contributed by atoms with Crippen LogP contribution in [-0.4, -0.2) is 6.04 Å². The molecule has 2 aliphatic carbocycles. The average molecular weight is 162 g/mol. The first kappa shape index (κ1) is 8.35. The maximum Gasteiger partial charge on any atom is 0.00956 e. The van der Waals surface area contributed by atoms with Gasteiger partial charge in [0.25, 0.3) is 0 Å². The van der Waals surface area contributed by atoms with Crippen molar-refractivity contribution in [3.05, 3.63) is 0 Å². The van der Waals surface area contributed by atoms with Crippen molar-refractivity contribution < 1.29 is 0 Å². The van der Waals surface area contributed by atoms with Gasteiger partial charge in [-0.05, 0) is 37.0 Å². The lowest BCUT2D eigenvalue weighted by Gasteiger charge is -2.27. The molecule has 10 heavy (non-hydrogen) atoms. The van der Waals surface area contributed by atoms with Crippen LogP contribution in [0, 0.1) is 11.3 Å². The lowest BCUT2D eigenvalue weighted by molar-refractivity contribution is 0.282. The van der Waals surface area contributed by atoms with Crippen LogP contribution in [-0.2, 0) is 0 Å². The van der Waals surface area contributed by atoms with Crippen molar-refractivity contribution in [3.63, 3.8) is 0 Å². The Balaban J connectivity index is 0.000000500. The summed E-state index contributed by atoms with van der Waals surface area (Å²) >= 11 is 0. The van der Waals surface area contributed by atoms with E-state index in [9.17, 15) is 0 Å². The fourth-order valence-corrected chi connectivity index (χ4v) is 2.58. The first-order chi connectivity index (χ1) is 4.21. The van der Waals surface area contributed by atoms with Crippen molar-refractivity contribution in [1.82, 2.24) is 0 Å².